The van der Waals surface area contributed by atoms with Gasteiger partial charge in [-0.3, -0.25) is 4.79 Å². The molecular weight excluding hydrogens is 308 g/mol. The van der Waals surface area contributed by atoms with Gasteiger partial charge in [0.2, 0.25) is 5.91 Å². The number of unbranched alkanes of at least 4 members (excludes halogenated alkanes) is 1. The topological polar surface area (TPSA) is 41.1 Å². The third kappa shape index (κ3) is 6.92. The minimum atomic E-state index is 0. The zero-order chi connectivity index (χ0) is 15.8. The minimum absolute atomic E-state index is 0. The second kappa shape index (κ2) is 9.94. The molecule has 2 rings (SSSR count). The van der Waals surface area contributed by atoms with Gasteiger partial charge in [0.05, 0.1) is 6.42 Å². The van der Waals surface area contributed by atoms with Crippen molar-refractivity contribution in [2.45, 2.75) is 52.4 Å². The molecule has 4 heteroatoms. The van der Waals surface area contributed by atoms with Crippen molar-refractivity contribution < 1.29 is 4.79 Å². The highest BCUT2D eigenvalue weighted by molar-refractivity contribution is 5.85. The van der Waals surface area contributed by atoms with Gasteiger partial charge in [0.1, 0.15) is 0 Å². The van der Waals surface area contributed by atoms with E-state index in [0.29, 0.717) is 6.42 Å². The molecule has 1 fully saturated rings. The number of carbonyl (C=O) groups is 1. The molecule has 0 aliphatic carbocycles. The zero-order valence-corrected chi connectivity index (χ0v) is 15.3. The zero-order valence-electron chi connectivity index (χ0n) is 14.5. The van der Waals surface area contributed by atoms with Crippen LogP contribution in [-0.4, -0.2) is 25.5 Å². The van der Waals surface area contributed by atoms with E-state index in [-0.39, 0.29) is 23.7 Å². The molecule has 1 aliphatic rings. The molecule has 130 valence electrons. The number of aryl methyl sites for hydroxylation is 1. The Kier molecular flexibility index (Phi) is 8.64. The summed E-state index contributed by atoms with van der Waals surface area (Å²) in [5.74, 6) is 0.140. The molecule has 0 spiro atoms. The molecule has 23 heavy (non-hydrogen) atoms. The molecule has 0 bridgehead atoms. The van der Waals surface area contributed by atoms with E-state index < -0.39 is 0 Å². The van der Waals surface area contributed by atoms with Gasteiger partial charge in [-0.2, -0.15) is 0 Å². The largest absolute Gasteiger partial charge is 0.355 e. The number of hydrogen-bond donors (Lipinski definition) is 2. The van der Waals surface area contributed by atoms with Crippen molar-refractivity contribution in [1.82, 2.24) is 10.6 Å². The van der Waals surface area contributed by atoms with Crippen molar-refractivity contribution in [2.75, 3.05) is 19.6 Å². The number of hydrogen-bond acceptors (Lipinski definition) is 2. The van der Waals surface area contributed by atoms with E-state index in [9.17, 15) is 4.79 Å². The van der Waals surface area contributed by atoms with Crippen molar-refractivity contribution >= 4 is 18.3 Å². The molecule has 0 atom stereocenters. The Hall–Kier alpha value is -1.06. The van der Waals surface area contributed by atoms with Crippen molar-refractivity contribution in [3.05, 3.63) is 35.4 Å². The van der Waals surface area contributed by atoms with Crippen LogP contribution in [0.2, 0.25) is 0 Å². The summed E-state index contributed by atoms with van der Waals surface area (Å²) in [7, 11) is 0. The third-order valence-corrected chi connectivity index (χ3v) is 4.73. The highest BCUT2D eigenvalue weighted by Crippen LogP contribution is 2.26. The molecular formula is C19H31ClN2O. The average molecular weight is 339 g/mol. The lowest BCUT2D eigenvalue weighted by Gasteiger charge is -2.34. The predicted octanol–water partition coefficient (Wildman–Crippen LogP) is 3.50. The van der Waals surface area contributed by atoms with E-state index in [4.69, 9.17) is 0 Å². The quantitative estimate of drug-likeness (QED) is 0.799. The Morgan fingerprint density at radius 2 is 1.78 bits per heavy atom. The lowest BCUT2D eigenvalue weighted by atomic mass is 9.81. The molecule has 1 saturated heterocycles. The third-order valence-electron chi connectivity index (χ3n) is 4.73. The molecule has 1 aromatic rings. The summed E-state index contributed by atoms with van der Waals surface area (Å²) in [4.78, 5) is 12.1. The summed E-state index contributed by atoms with van der Waals surface area (Å²) in [6, 6.07) is 8.51. The van der Waals surface area contributed by atoms with Gasteiger partial charge in [-0.15, -0.1) is 12.4 Å². The van der Waals surface area contributed by atoms with Gasteiger partial charge >= 0.3 is 0 Å². The fourth-order valence-corrected chi connectivity index (χ4v) is 2.97. The Balaban J connectivity index is 0.00000264. The van der Waals surface area contributed by atoms with Crippen LogP contribution in [0.15, 0.2) is 24.3 Å². The first-order chi connectivity index (χ1) is 10.6. The van der Waals surface area contributed by atoms with Crippen molar-refractivity contribution in [2.24, 2.45) is 5.41 Å². The van der Waals surface area contributed by atoms with Crippen molar-refractivity contribution in [3.63, 3.8) is 0 Å². The predicted molar refractivity (Wildman–Crippen MR) is 99.2 cm³/mol. The maximum absolute atomic E-state index is 12.1. The van der Waals surface area contributed by atoms with Gasteiger partial charge in [0.15, 0.2) is 0 Å². The lowest BCUT2D eigenvalue weighted by molar-refractivity contribution is -0.121. The first-order valence-corrected chi connectivity index (χ1v) is 8.66. The second-order valence-corrected chi connectivity index (χ2v) is 6.93. The Morgan fingerprint density at radius 3 is 2.39 bits per heavy atom. The number of rotatable bonds is 7. The first kappa shape index (κ1) is 20.0. The van der Waals surface area contributed by atoms with Crippen LogP contribution in [0.1, 0.15) is 50.7 Å². The van der Waals surface area contributed by atoms with E-state index in [1.54, 1.807) is 0 Å². The fourth-order valence-electron chi connectivity index (χ4n) is 2.97. The first-order valence-electron chi connectivity index (χ1n) is 8.66. The SMILES string of the molecule is CCCCc1ccc(CC(=O)NCC2(C)CCNCC2)cc1.Cl. The number of benzene rings is 1. The second-order valence-electron chi connectivity index (χ2n) is 6.93. The summed E-state index contributed by atoms with van der Waals surface area (Å²) in [5.41, 5.74) is 2.73. The Morgan fingerprint density at radius 1 is 1.17 bits per heavy atom. The normalized spacial score (nSPS) is 16.4. The average Bonchev–Trinajstić information content (AvgIpc) is 2.53. The van der Waals surface area contributed by atoms with Crippen LogP contribution >= 0.6 is 12.4 Å². The van der Waals surface area contributed by atoms with Crippen molar-refractivity contribution in [3.8, 4) is 0 Å². The monoisotopic (exact) mass is 338 g/mol. The van der Waals surface area contributed by atoms with Gasteiger partial charge in [0.25, 0.3) is 0 Å². The number of nitrogens with one attached hydrogen (secondary N) is 2. The van der Waals surface area contributed by atoms with Crippen LogP contribution < -0.4 is 10.6 Å². The number of amides is 1. The van der Waals surface area contributed by atoms with Crippen molar-refractivity contribution in [1.29, 1.82) is 0 Å². The Labute approximate surface area is 147 Å². The Bertz CT molecular complexity index is 467. The van der Waals surface area contributed by atoms with Crippen LogP contribution in [0, 0.1) is 5.41 Å². The minimum Gasteiger partial charge on any atom is -0.355 e. The van der Waals surface area contributed by atoms with E-state index in [2.05, 4.69) is 48.7 Å². The van der Waals surface area contributed by atoms with E-state index in [0.717, 1.165) is 44.5 Å². The fraction of sp³-hybridized carbons (Fsp3) is 0.632. The number of halogens is 1. The smallest absolute Gasteiger partial charge is 0.224 e. The van der Waals surface area contributed by atoms with E-state index in [1.807, 2.05) is 0 Å². The molecule has 0 unspecified atom stereocenters. The number of carbonyl (C=O) groups excluding carboxylic acids is 1. The molecule has 1 heterocycles. The van der Waals surface area contributed by atoms with Crippen LogP contribution in [0.5, 0.6) is 0 Å². The molecule has 1 aliphatic heterocycles. The van der Waals surface area contributed by atoms with Gasteiger partial charge in [-0.1, -0.05) is 44.5 Å². The van der Waals surface area contributed by atoms with Gasteiger partial charge in [-0.25, -0.2) is 0 Å². The molecule has 3 nitrogen and oxygen atoms in total. The lowest BCUT2D eigenvalue weighted by Crippen LogP contribution is -2.43. The molecule has 1 aromatic carbocycles. The summed E-state index contributed by atoms with van der Waals surface area (Å²) >= 11 is 0. The molecule has 0 aromatic heterocycles. The molecule has 0 saturated carbocycles. The highest BCUT2D eigenvalue weighted by atomic mass is 35.5. The van der Waals surface area contributed by atoms with Gasteiger partial charge in [-0.05, 0) is 55.3 Å². The summed E-state index contributed by atoms with van der Waals surface area (Å²) in [6.07, 6.45) is 6.35. The summed E-state index contributed by atoms with van der Waals surface area (Å²) in [5, 5.41) is 6.50. The van der Waals surface area contributed by atoms with Crippen LogP contribution in [0.4, 0.5) is 0 Å². The van der Waals surface area contributed by atoms with Gasteiger partial charge in [0, 0.05) is 6.54 Å². The number of piperidine rings is 1. The summed E-state index contributed by atoms with van der Waals surface area (Å²) < 4.78 is 0. The molecule has 0 radical (unpaired) electrons. The van der Waals surface area contributed by atoms with Crippen LogP contribution in [0.3, 0.4) is 0 Å². The van der Waals surface area contributed by atoms with E-state index in [1.165, 1.54) is 18.4 Å². The van der Waals surface area contributed by atoms with Gasteiger partial charge < -0.3 is 10.6 Å². The standard InChI is InChI=1S/C19H30N2O.ClH/c1-3-4-5-16-6-8-17(9-7-16)14-18(22)21-15-19(2)10-12-20-13-11-19;/h6-9,20H,3-5,10-15H2,1-2H3,(H,21,22);1H. The maximum Gasteiger partial charge on any atom is 0.224 e. The maximum atomic E-state index is 12.1. The molecule has 2 N–H and O–H groups in total. The van der Waals surface area contributed by atoms with Crippen LogP contribution in [0.25, 0.3) is 0 Å². The van der Waals surface area contributed by atoms with E-state index >= 15 is 0 Å². The van der Waals surface area contributed by atoms with Crippen LogP contribution in [-0.2, 0) is 17.6 Å². The highest BCUT2D eigenvalue weighted by Gasteiger charge is 2.26. The summed E-state index contributed by atoms with van der Waals surface area (Å²) in [6.45, 7) is 7.40. The molecule has 1 amide bonds.